The van der Waals surface area contributed by atoms with Gasteiger partial charge in [0.1, 0.15) is 5.75 Å². The van der Waals surface area contributed by atoms with Crippen LogP contribution in [0.1, 0.15) is 68.4 Å². The molecule has 1 aromatic rings. The van der Waals surface area contributed by atoms with Crippen molar-refractivity contribution < 1.29 is 10.2 Å². The van der Waals surface area contributed by atoms with Gasteiger partial charge in [0.25, 0.3) is 0 Å². The topological polar surface area (TPSA) is 66.5 Å². The molecule has 24 heavy (non-hydrogen) atoms. The van der Waals surface area contributed by atoms with Crippen molar-refractivity contribution in [3.8, 4) is 5.75 Å². The molecule has 3 aliphatic carbocycles. The van der Waals surface area contributed by atoms with Crippen LogP contribution in [0.25, 0.3) is 0 Å². The summed E-state index contributed by atoms with van der Waals surface area (Å²) >= 11 is 0. The van der Waals surface area contributed by atoms with Crippen molar-refractivity contribution in [3.05, 3.63) is 29.3 Å². The summed E-state index contributed by atoms with van der Waals surface area (Å²) in [4.78, 5) is 0. The summed E-state index contributed by atoms with van der Waals surface area (Å²) in [5.41, 5.74) is 8.07. The maximum absolute atomic E-state index is 10.9. The molecule has 1 aromatic carbocycles. The Morgan fingerprint density at radius 3 is 2.71 bits per heavy atom. The lowest BCUT2D eigenvalue weighted by atomic mass is 9.59. The van der Waals surface area contributed by atoms with Gasteiger partial charge in [-0.05, 0) is 111 Å². The Labute approximate surface area is 145 Å². The summed E-state index contributed by atoms with van der Waals surface area (Å²) in [6.07, 6.45) is 9.87. The summed E-state index contributed by atoms with van der Waals surface area (Å²) in [6, 6.07) is 6.01. The Kier molecular flexibility index (Phi) is 4.34. The quantitative estimate of drug-likeness (QED) is 0.775. The van der Waals surface area contributed by atoms with E-state index in [2.05, 4.69) is 6.07 Å². The van der Waals surface area contributed by atoms with E-state index in [1.807, 2.05) is 12.1 Å². The van der Waals surface area contributed by atoms with Gasteiger partial charge in [-0.3, -0.25) is 0 Å². The Hall–Kier alpha value is -1.06. The van der Waals surface area contributed by atoms with Crippen molar-refractivity contribution >= 4 is 0 Å². The molecule has 5 atom stereocenters. The van der Waals surface area contributed by atoms with Gasteiger partial charge in [0.2, 0.25) is 0 Å². The van der Waals surface area contributed by atoms with Gasteiger partial charge < -0.3 is 15.9 Å². The van der Waals surface area contributed by atoms with Crippen LogP contribution in [-0.4, -0.2) is 22.4 Å². The van der Waals surface area contributed by atoms with E-state index < -0.39 is 5.60 Å². The Morgan fingerprint density at radius 2 is 1.88 bits per heavy atom. The van der Waals surface area contributed by atoms with E-state index >= 15 is 0 Å². The fraction of sp³-hybridized carbons (Fsp3) is 0.714. The van der Waals surface area contributed by atoms with E-state index in [-0.39, 0.29) is 0 Å². The van der Waals surface area contributed by atoms with Crippen molar-refractivity contribution in [2.24, 2.45) is 23.5 Å². The molecule has 2 saturated carbocycles. The summed E-state index contributed by atoms with van der Waals surface area (Å²) in [6.45, 7) is 0.592. The third-order valence-electron chi connectivity index (χ3n) is 7.33. The number of fused-ring (bicyclic) bond motifs is 5. The molecule has 0 bridgehead atoms. The minimum Gasteiger partial charge on any atom is -0.508 e. The molecule has 3 aliphatic rings. The predicted molar refractivity (Wildman–Crippen MR) is 96.0 cm³/mol. The lowest BCUT2D eigenvalue weighted by Gasteiger charge is -2.46. The Balaban J connectivity index is 1.56. The number of aromatic hydroxyl groups is 1. The van der Waals surface area contributed by atoms with Crippen molar-refractivity contribution in [3.63, 3.8) is 0 Å². The van der Waals surface area contributed by atoms with Gasteiger partial charge in [-0.25, -0.2) is 0 Å². The van der Waals surface area contributed by atoms with Gasteiger partial charge >= 0.3 is 0 Å². The highest BCUT2D eigenvalue weighted by Crippen LogP contribution is 2.54. The molecule has 0 saturated heterocycles. The van der Waals surface area contributed by atoms with Crippen LogP contribution in [0.5, 0.6) is 5.75 Å². The summed E-state index contributed by atoms with van der Waals surface area (Å²) < 4.78 is 0. The van der Waals surface area contributed by atoms with Crippen LogP contribution in [0.4, 0.5) is 0 Å². The van der Waals surface area contributed by atoms with Crippen LogP contribution in [0.3, 0.4) is 0 Å². The van der Waals surface area contributed by atoms with Gasteiger partial charge in [-0.15, -0.1) is 0 Å². The number of phenols is 1. The number of phenolic OH excluding ortho intramolecular Hbond substituents is 1. The third kappa shape index (κ3) is 2.86. The van der Waals surface area contributed by atoms with Crippen LogP contribution >= 0.6 is 0 Å². The molecule has 132 valence electrons. The Morgan fingerprint density at radius 1 is 1.04 bits per heavy atom. The maximum atomic E-state index is 10.9. The van der Waals surface area contributed by atoms with E-state index in [1.165, 1.54) is 36.8 Å². The summed E-state index contributed by atoms with van der Waals surface area (Å²) in [5.74, 6) is 3.38. The highest BCUT2D eigenvalue weighted by Gasteiger charge is 2.45. The largest absolute Gasteiger partial charge is 0.508 e. The molecule has 4 rings (SSSR count). The number of aryl methyl sites for hydroxylation is 1. The van der Waals surface area contributed by atoms with Crippen molar-refractivity contribution in [1.29, 1.82) is 0 Å². The molecule has 3 heteroatoms. The molecule has 0 aromatic heterocycles. The fourth-order valence-electron chi connectivity index (χ4n) is 6.10. The van der Waals surface area contributed by atoms with Crippen LogP contribution < -0.4 is 5.73 Å². The minimum atomic E-state index is -0.514. The van der Waals surface area contributed by atoms with Crippen molar-refractivity contribution in [2.45, 2.75) is 69.3 Å². The number of hydrogen-bond acceptors (Lipinski definition) is 3. The first-order valence-electron chi connectivity index (χ1n) is 9.84. The average Bonchev–Trinajstić information content (AvgIpc) is 2.74. The molecule has 0 radical (unpaired) electrons. The maximum Gasteiger partial charge on any atom is 0.115 e. The number of hydrogen-bond donors (Lipinski definition) is 3. The number of nitrogens with two attached hydrogens (primary N) is 1. The average molecular weight is 329 g/mol. The highest BCUT2D eigenvalue weighted by atomic mass is 16.3. The first-order valence-corrected chi connectivity index (χ1v) is 9.84. The highest BCUT2D eigenvalue weighted by molar-refractivity contribution is 5.39. The van der Waals surface area contributed by atoms with Crippen LogP contribution in [0.15, 0.2) is 18.2 Å². The Bertz CT molecular complexity index is 602. The number of rotatable bonds is 2. The zero-order valence-electron chi connectivity index (χ0n) is 14.6. The molecule has 0 unspecified atom stereocenters. The van der Waals surface area contributed by atoms with Crippen LogP contribution in [-0.2, 0) is 6.42 Å². The monoisotopic (exact) mass is 329 g/mol. The molecular weight excluding hydrogens is 298 g/mol. The molecule has 2 fully saturated rings. The molecule has 4 N–H and O–H groups in total. The summed E-state index contributed by atoms with van der Waals surface area (Å²) in [5, 5.41) is 20.7. The van der Waals surface area contributed by atoms with Crippen LogP contribution in [0, 0.1) is 17.8 Å². The normalized spacial score (nSPS) is 38.6. The van der Waals surface area contributed by atoms with Crippen molar-refractivity contribution in [1.82, 2.24) is 0 Å². The second-order valence-electron chi connectivity index (χ2n) is 8.53. The summed E-state index contributed by atoms with van der Waals surface area (Å²) in [7, 11) is 0. The molecule has 3 nitrogen and oxygen atoms in total. The van der Waals surface area contributed by atoms with E-state index in [0.717, 1.165) is 49.9 Å². The van der Waals surface area contributed by atoms with Gasteiger partial charge in [-0.2, -0.15) is 0 Å². The molecule has 0 aliphatic heterocycles. The van der Waals surface area contributed by atoms with Gasteiger partial charge in [-0.1, -0.05) is 6.07 Å². The van der Waals surface area contributed by atoms with Crippen molar-refractivity contribution in [2.75, 3.05) is 6.54 Å². The third-order valence-corrected chi connectivity index (χ3v) is 7.33. The second kappa shape index (κ2) is 6.34. The van der Waals surface area contributed by atoms with E-state index in [4.69, 9.17) is 5.73 Å². The van der Waals surface area contributed by atoms with Gasteiger partial charge in [0, 0.05) is 0 Å². The SMILES string of the molecule is NCC[C@@]1(O)CC[C@@H]2CC[C@@H]3c4ccc(O)cc4CC[C@H]3[C@@H]2CC1. The van der Waals surface area contributed by atoms with Crippen LogP contribution in [0.2, 0.25) is 0 Å². The standard InChI is InChI=1S/C21H31NO2/c22-12-11-21(24)9-7-14-1-4-19-17-6-3-16(23)13-15(17)2-5-20(19)18(14)8-10-21/h3,6,13-14,18-20,23-24H,1-2,4-5,7-12,22H2/t14-,18+,19+,20-,21+/m0/s1. The zero-order chi connectivity index (χ0) is 16.7. The molecule has 0 spiro atoms. The predicted octanol–water partition coefficient (Wildman–Crippen LogP) is 3.72. The molecular formula is C21H31NO2. The second-order valence-corrected chi connectivity index (χ2v) is 8.53. The molecule has 0 heterocycles. The van der Waals surface area contributed by atoms with E-state index in [0.29, 0.717) is 18.2 Å². The zero-order valence-corrected chi connectivity index (χ0v) is 14.6. The first kappa shape index (κ1) is 16.4. The lowest BCUT2D eigenvalue weighted by molar-refractivity contribution is 0.0167. The number of benzene rings is 1. The number of aliphatic hydroxyl groups is 1. The lowest BCUT2D eigenvalue weighted by Crippen LogP contribution is -2.36. The van der Waals surface area contributed by atoms with Gasteiger partial charge in [0.15, 0.2) is 0 Å². The molecule has 0 amide bonds. The van der Waals surface area contributed by atoms with Gasteiger partial charge in [0.05, 0.1) is 5.60 Å². The van der Waals surface area contributed by atoms with E-state index in [9.17, 15) is 10.2 Å². The first-order chi connectivity index (χ1) is 11.6. The van der Waals surface area contributed by atoms with E-state index in [1.54, 1.807) is 0 Å². The minimum absolute atomic E-state index is 0.405. The fourth-order valence-corrected chi connectivity index (χ4v) is 6.10. The smallest absolute Gasteiger partial charge is 0.115 e.